The molecule has 1 aromatic heterocycles. The van der Waals surface area contributed by atoms with Crippen LogP contribution in [0.3, 0.4) is 0 Å². The quantitative estimate of drug-likeness (QED) is 0.861. The zero-order chi connectivity index (χ0) is 14.4. The number of ether oxygens (including phenoxy) is 1. The Balaban J connectivity index is 1.78. The molecule has 1 aromatic carbocycles. The summed E-state index contributed by atoms with van der Waals surface area (Å²) in [7, 11) is 0. The van der Waals surface area contributed by atoms with Crippen LogP contribution in [0.15, 0.2) is 41.8 Å². The SMILES string of the molecule is Cc1ccccc1NC(=O)COC(=O)Cc1cccs1. The van der Waals surface area contributed by atoms with Crippen molar-refractivity contribution in [3.63, 3.8) is 0 Å². The predicted octanol–water partition coefficient (Wildman–Crippen LogP) is 2.78. The van der Waals surface area contributed by atoms with Crippen molar-refractivity contribution in [2.24, 2.45) is 0 Å². The van der Waals surface area contributed by atoms with Gasteiger partial charge in [0, 0.05) is 10.6 Å². The van der Waals surface area contributed by atoms with Gasteiger partial charge in [0.05, 0.1) is 6.42 Å². The van der Waals surface area contributed by atoms with Crippen LogP contribution in [0.1, 0.15) is 10.4 Å². The molecule has 2 aromatic rings. The highest BCUT2D eigenvalue weighted by Gasteiger charge is 2.10. The fourth-order valence-electron chi connectivity index (χ4n) is 1.65. The molecule has 1 N–H and O–H groups in total. The molecule has 0 atom stereocenters. The Morgan fingerprint density at radius 1 is 1.20 bits per heavy atom. The minimum absolute atomic E-state index is 0.204. The third kappa shape index (κ3) is 4.20. The van der Waals surface area contributed by atoms with E-state index in [1.54, 1.807) is 6.07 Å². The standard InChI is InChI=1S/C15H15NO3S/c1-11-5-2-3-7-13(11)16-14(17)10-19-15(18)9-12-6-4-8-20-12/h2-8H,9-10H2,1H3,(H,16,17). The Hall–Kier alpha value is -2.14. The van der Waals surface area contributed by atoms with E-state index in [2.05, 4.69) is 5.32 Å². The molecule has 0 saturated heterocycles. The van der Waals surface area contributed by atoms with Crippen LogP contribution in [0.2, 0.25) is 0 Å². The van der Waals surface area contributed by atoms with E-state index >= 15 is 0 Å². The largest absolute Gasteiger partial charge is 0.455 e. The summed E-state index contributed by atoms with van der Waals surface area (Å²) in [5.74, 6) is -0.730. The number of esters is 1. The maximum Gasteiger partial charge on any atom is 0.311 e. The van der Waals surface area contributed by atoms with Gasteiger partial charge in [0.25, 0.3) is 5.91 Å². The number of rotatable bonds is 5. The van der Waals surface area contributed by atoms with Crippen molar-refractivity contribution in [3.05, 3.63) is 52.2 Å². The van der Waals surface area contributed by atoms with Crippen LogP contribution in [0.4, 0.5) is 5.69 Å². The molecule has 0 aliphatic rings. The molecule has 0 aliphatic heterocycles. The maximum atomic E-state index is 11.7. The smallest absolute Gasteiger partial charge is 0.311 e. The summed E-state index contributed by atoms with van der Waals surface area (Å²) in [4.78, 5) is 24.1. The van der Waals surface area contributed by atoms with Crippen LogP contribution in [-0.4, -0.2) is 18.5 Å². The van der Waals surface area contributed by atoms with Crippen LogP contribution in [0.5, 0.6) is 0 Å². The Bertz CT molecular complexity index is 593. The monoisotopic (exact) mass is 289 g/mol. The highest BCUT2D eigenvalue weighted by atomic mass is 32.1. The number of carbonyl (C=O) groups excluding carboxylic acids is 2. The van der Waals surface area contributed by atoms with Crippen LogP contribution in [-0.2, 0) is 20.7 Å². The predicted molar refractivity (Wildman–Crippen MR) is 78.8 cm³/mol. The van der Waals surface area contributed by atoms with Crippen molar-refractivity contribution >= 4 is 28.9 Å². The van der Waals surface area contributed by atoms with Gasteiger partial charge in [0.2, 0.25) is 0 Å². The van der Waals surface area contributed by atoms with Crippen LogP contribution >= 0.6 is 11.3 Å². The zero-order valence-corrected chi connectivity index (χ0v) is 11.9. The van der Waals surface area contributed by atoms with Crippen LogP contribution in [0, 0.1) is 6.92 Å². The van der Waals surface area contributed by atoms with Crippen molar-refractivity contribution in [2.75, 3.05) is 11.9 Å². The number of amides is 1. The van der Waals surface area contributed by atoms with Gasteiger partial charge in [-0.2, -0.15) is 0 Å². The molecule has 1 amide bonds. The topological polar surface area (TPSA) is 55.4 Å². The molecule has 0 fully saturated rings. The molecular formula is C15H15NO3S. The lowest BCUT2D eigenvalue weighted by Crippen LogP contribution is -2.21. The van der Waals surface area contributed by atoms with E-state index in [0.29, 0.717) is 0 Å². The van der Waals surface area contributed by atoms with E-state index in [0.717, 1.165) is 16.1 Å². The first-order chi connectivity index (χ1) is 9.65. The number of hydrogen-bond donors (Lipinski definition) is 1. The summed E-state index contributed by atoms with van der Waals surface area (Å²) in [5, 5.41) is 4.61. The number of aryl methyl sites for hydroxylation is 1. The minimum Gasteiger partial charge on any atom is -0.455 e. The summed E-state index contributed by atoms with van der Waals surface area (Å²) in [6.45, 7) is 1.64. The molecule has 4 nitrogen and oxygen atoms in total. The van der Waals surface area contributed by atoms with Gasteiger partial charge < -0.3 is 10.1 Å². The van der Waals surface area contributed by atoms with E-state index in [9.17, 15) is 9.59 Å². The molecule has 5 heteroatoms. The van der Waals surface area contributed by atoms with Gasteiger partial charge in [0.1, 0.15) is 0 Å². The average Bonchev–Trinajstić information content (AvgIpc) is 2.92. The third-order valence-corrected chi connectivity index (χ3v) is 3.56. The Morgan fingerprint density at radius 3 is 2.70 bits per heavy atom. The summed E-state index contributed by atoms with van der Waals surface area (Å²) >= 11 is 1.49. The lowest BCUT2D eigenvalue weighted by atomic mass is 10.2. The fourth-order valence-corrected chi connectivity index (χ4v) is 2.34. The Kier molecular flexibility index (Phi) is 4.90. The molecular weight excluding hydrogens is 274 g/mol. The van der Waals surface area contributed by atoms with E-state index in [1.165, 1.54) is 11.3 Å². The number of benzene rings is 1. The van der Waals surface area contributed by atoms with Crippen molar-refractivity contribution < 1.29 is 14.3 Å². The molecule has 20 heavy (non-hydrogen) atoms. The first-order valence-electron chi connectivity index (χ1n) is 6.18. The zero-order valence-electron chi connectivity index (χ0n) is 11.1. The summed E-state index contributed by atoms with van der Waals surface area (Å²) in [5.41, 5.74) is 1.69. The summed E-state index contributed by atoms with van der Waals surface area (Å²) < 4.78 is 4.94. The number of hydrogen-bond acceptors (Lipinski definition) is 4. The molecule has 0 radical (unpaired) electrons. The second-order valence-corrected chi connectivity index (χ2v) is 5.31. The van der Waals surface area contributed by atoms with Gasteiger partial charge in [-0.3, -0.25) is 9.59 Å². The molecule has 0 aliphatic carbocycles. The van der Waals surface area contributed by atoms with Crippen molar-refractivity contribution in [1.29, 1.82) is 0 Å². The Labute approximate surface area is 121 Å². The van der Waals surface area contributed by atoms with Crippen LogP contribution < -0.4 is 5.32 Å². The molecule has 2 rings (SSSR count). The summed E-state index contributed by atoms with van der Waals surface area (Å²) in [6.07, 6.45) is 0.204. The first-order valence-corrected chi connectivity index (χ1v) is 7.06. The van der Waals surface area contributed by atoms with Crippen molar-refractivity contribution in [1.82, 2.24) is 0 Å². The number of anilines is 1. The van der Waals surface area contributed by atoms with E-state index in [1.807, 2.05) is 42.6 Å². The van der Waals surface area contributed by atoms with Gasteiger partial charge in [-0.1, -0.05) is 24.3 Å². The van der Waals surface area contributed by atoms with Crippen LogP contribution in [0.25, 0.3) is 0 Å². The molecule has 1 heterocycles. The minimum atomic E-state index is -0.396. The molecule has 0 saturated carbocycles. The first kappa shape index (κ1) is 14.3. The normalized spacial score (nSPS) is 10.1. The number of carbonyl (C=O) groups is 2. The van der Waals surface area contributed by atoms with E-state index in [4.69, 9.17) is 4.74 Å². The van der Waals surface area contributed by atoms with Gasteiger partial charge in [-0.15, -0.1) is 11.3 Å². The lowest BCUT2D eigenvalue weighted by molar-refractivity contribution is -0.146. The van der Waals surface area contributed by atoms with Crippen molar-refractivity contribution in [3.8, 4) is 0 Å². The van der Waals surface area contributed by atoms with Gasteiger partial charge in [0.15, 0.2) is 6.61 Å². The second-order valence-electron chi connectivity index (χ2n) is 4.28. The fraction of sp³-hybridized carbons (Fsp3) is 0.200. The number of para-hydroxylation sites is 1. The molecule has 0 bridgehead atoms. The highest BCUT2D eigenvalue weighted by molar-refractivity contribution is 7.10. The molecule has 104 valence electrons. The molecule has 0 unspecified atom stereocenters. The maximum absolute atomic E-state index is 11.7. The second kappa shape index (κ2) is 6.86. The number of thiophene rings is 1. The summed E-state index contributed by atoms with van der Waals surface area (Å²) in [6, 6.07) is 11.2. The Morgan fingerprint density at radius 2 is 2.00 bits per heavy atom. The van der Waals surface area contributed by atoms with E-state index < -0.39 is 5.97 Å². The lowest BCUT2D eigenvalue weighted by Gasteiger charge is -2.08. The van der Waals surface area contributed by atoms with Crippen molar-refractivity contribution in [2.45, 2.75) is 13.3 Å². The third-order valence-electron chi connectivity index (χ3n) is 2.68. The van der Waals surface area contributed by atoms with Gasteiger partial charge in [-0.25, -0.2) is 0 Å². The number of nitrogens with one attached hydrogen (secondary N) is 1. The van der Waals surface area contributed by atoms with Gasteiger partial charge in [-0.05, 0) is 30.0 Å². The van der Waals surface area contributed by atoms with Gasteiger partial charge >= 0.3 is 5.97 Å². The highest BCUT2D eigenvalue weighted by Crippen LogP contribution is 2.13. The average molecular weight is 289 g/mol. The van der Waals surface area contributed by atoms with E-state index in [-0.39, 0.29) is 18.9 Å². The molecule has 0 spiro atoms.